The lowest BCUT2D eigenvalue weighted by molar-refractivity contribution is 0.0977. The van der Waals surface area contributed by atoms with Crippen molar-refractivity contribution in [3.05, 3.63) is 59.7 Å². The van der Waals surface area contributed by atoms with Gasteiger partial charge in [0.15, 0.2) is 5.11 Å². The minimum absolute atomic E-state index is 0.256. The van der Waals surface area contributed by atoms with Crippen LogP contribution in [-0.4, -0.2) is 18.1 Å². The van der Waals surface area contributed by atoms with Crippen LogP contribution in [-0.2, 0) is 0 Å². The molecule has 0 radical (unpaired) electrons. The van der Waals surface area contributed by atoms with Gasteiger partial charge in [0.1, 0.15) is 5.75 Å². The quantitative estimate of drug-likeness (QED) is 0.855. The topological polar surface area (TPSA) is 50.4 Å². The Bertz CT molecular complexity index is 654. The Morgan fingerprint density at radius 1 is 1.14 bits per heavy atom. The van der Waals surface area contributed by atoms with E-state index < -0.39 is 0 Å². The van der Waals surface area contributed by atoms with Crippen LogP contribution < -0.4 is 15.4 Å². The second kappa shape index (κ2) is 6.85. The molecular formula is C16H16N2O2S. The van der Waals surface area contributed by atoms with Crippen molar-refractivity contribution in [3.8, 4) is 5.75 Å². The molecule has 2 N–H and O–H groups in total. The van der Waals surface area contributed by atoms with Crippen LogP contribution in [0.15, 0.2) is 48.5 Å². The lowest BCUT2D eigenvalue weighted by atomic mass is 10.2. The predicted molar refractivity (Wildman–Crippen MR) is 87.9 cm³/mol. The second-order valence-electron chi connectivity index (χ2n) is 4.51. The normalized spacial score (nSPS) is 9.81. The number of nitrogens with one attached hydrogen (secondary N) is 2. The van der Waals surface area contributed by atoms with Crippen LogP contribution >= 0.6 is 12.2 Å². The minimum atomic E-state index is -0.279. The third-order valence-corrected chi connectivity index (χ3v) is 3.07. The van der Waals surface area contributed by atoms with Gasteiger partial charge in [0.05, 0.1) is 7.11 Å². The highest BCUT2D eigenvalue weighted by atomic mass is 32.1. The lowest BCUT2D eigenvalue weighted by Crippen LogP contribution is -2.34. The zero-order valence-corrected chi connectivity index (χ0v) is 12.7. The van der Waals surface area contributed by atoms with Gasteiger partial charge in [0.2, 0.25) is 0 Å². The third kappa shape index (κ3) is 4.29. The minimum Gasteiger partial charge on any atom is -0.497 e. The van der Waals surface area contributed by atoms with Crippen molar-refractivity contribution in [3.63, 3.8) is 0 Å². The van der Waals surface area contributed by atoms with Gasteiger partial charge in [-0.25, -0.2) is 0 Å². The van der Waals surface area contributed by atoms with Crippen LogP contribution in [0.25, 0.3) is 0 Å². The van der Waals surface area contributed by atoms with Crippen molar-refractivity contribution in [2.45, 2.75) is 6.92 Å². The number of amides is 1. The molecular weight excluding hydrogens is 284 g/mol. The number of benzene rings is 2. The molecule has 1 amide bonds. The highest BCUT2D eigenvalue weighted by Gasteiger charge is 2.08. The van der Waals surface area contributed by atoms with Crippen LogP contribution in [0.1, 0.15) is 15.9 Å². The fraction of sp³-hybridized carbons (Fsp3) is 0.125. The summed E-state index contributed by atoms with van der Waals surface area (Å²) in [5, 5.41) is 5.86. The van der Waals surface area contributed by atoms with E-state index in [1.807, 2.05) is 31.2 Å². The van der Waals surface area contributed by atoms with Crippen LogP contribution in [0, 0.1) is 6.92 Å². The van der Waals surface area contributed by atoms with E-state index in [0.29, 0.717) is 11.3 Å². The molecule has 2 aromatic carbocycles. The fourth-order valence-corrected chi connectivity index (χ4v) is 1.95. The molecule has 0 aliphatic heterocycles. The Hall–Kier alpha value is -2.40. The van der Waals surface area contributed by atoms with Crippen molar-refractivity contribution >= 4 is 28.9 Å². The molecule has 0 saturated carbocycles. The van der Waals surface area contributed by atoms with Gasteiger partial charge < -0.3 is 10.1 Å². The van der Waals surface area contributed by atoms with Crippen molar-refractivity contribution < 1.29 is 9.53 Å². The van der Waals surface area contributed by atoms with Crippen molar-refractivity contribution in [1.82, 2.24) is 5.32 Å². The van der Waals surface area contributed by atoms with E-state index in [0.717, 1.165) is 11.3 Å². The summed E-state index contributed by atoms with van der Waals surface area (Å²) in [6.45, 7) is 2.01. The van der Waals surface area contributed by atoms with Crippen molar-refractivity contribution in [2.75, 3.05) is 12.4 Å². The molecule has 2 aromatic rings. The number of ether oxygens (including phenoxy) is 1. The number of methoxy groups -OCH3 is 1. The maximum absolute atomic E-state index is 12.1. The molecule has 108 valence electrons. The molecule has 0 bridgehead atoms. The molecule has 0 aliphatic carbocycles. The van der Waals surface area contributed by atoms with Crippen LogP contribution in [0.2, 0.25) is 0 Å². The van der Waals surface area contributed by atoms with E-state index >= 15 is 0 Å². The molecule has 5 heteroatoms. The summed E-state index contributed by atoms with van der Waals surface area (Å²) in [6.07, 6.45) is 0. The number of carbonyl (C=O) groups excluding carboxylic acids is 1. The molecule has 0 atom stereocenters. The fourth-order valence-electron chi connectivity index (χ4n) is 1.74. The monoisotopic (exact) mass is 300 g/mol. The molecule has 0 spiro atoms. The molecule has 0 heterocycles. The first-order valence-electron chi connectivity index (χ1n) is 6.41. The molecule has 21 heavy (non-hydrogen) atoms. The Morgan fingerprint density at radius 2 is 1.86 bits per heavy atom. The predicted octanol–water partition coefficient (Wildman–Crippen LogP) is 3.13. The number of carbonyl (C=O) groups is 1. The standard InChI is InChI=1S/C16H16N2O2S/c1-11-6-8-13(9-7-11)17-16(21)18-15(19)12-4-3-5-14(10-12)20-2/h3-10H,1-2H3,(H2,17,18,19,21). The average molecular weight is 300 g/mol. The molecule has 0 aromatic heterocycles. The third-order valence-electron chi connectivity index (χ3n) is 2.87. The van der Waals surface area contributed by atoms with E-state index in [1.54, 1.807) is 31.4 Å². The van der Waals surface area contributed by atoms with Gasteiger partial charge in [-0.05, 0) is 49.5 Å². The van der Waals surface area contributed by atoms with E-state index in [1.165, 1.54) is 0 Å². The van der Waals surface area contributed by atoms with Crippen molar-refractivity contribution in [2.24, 2.45) is 0 Å². The Morgan fingerprint density at radius 3 is 2.52 bits per heavy atom. The van der Waals surface area contributed by atoms with Gasteiger partial charge >= 0.3 is 0 Å². The first-order chi connectivity index (χ1) is 10.1. The van der Waals surface area contributed by atoms with Gasteiger partial charge in [0, 0.05) is 11.3 Å². The zero-order valence-electron chi connectivity index (χ0n) is 11.8. The SMILES string of the molecule is COc1cccc(C(=O)NC(=S)Nc2ccc(C)cc2)c1. The van der Waals surface area contributed by atoms with Gasteiger partial charge in [-0.3, -0.25) is 10.1 Å². The van der Waals surface area contributed by atoms with Crippen LogP contribution in [0.3, 0.4) is 0 Å². The zero-order chi connectivity index (χ0) is 15.2. The van der Waals surface area contributed by atoms with Crippen molar-refractivity contribution in [1.29, 1.82) is 0 Å². The number of aryl methyl sites for hydroxylation is 1. The molecule has 2 rings (SSSR count). The number of rotatable bonds is 3. The van der Waals surface area contributed by atoms with E-state index in [9.17, 15) is 4.79 Å². The molecule has 0 unspecified atom stereocenters. The summed E-state index contributed by atoms with van der Waals surface area (Å²) in [5.41, 5.74) is 2.48. The van der Waals surface area contributed by atoms with Gasteiger partial charge in [0.25, 0.3) is 5.91 Å². The van der Waals surface area contributed by atoms with Gasteiger partial charge in [-0.15, -0.1) is 0 Å². The summed E-state index contributed by atoms with van der Waals surface area (Å²) in [5.74, 6) is 0.346. The summed E-state index contributed by atoms with van der Waals surface area (Å²) in [7, 11) is 1.56. The first-order valence-corrected chi connectivity index (χ1v) is 6.82. The molecule has 0 saturated heterocycles. The summed E-state index contributed by atoms with van der Waals surface area (Å²) >= 11 is 5.13. The smallest absolute Gasteiger partial charge is 0.257 e. The van der Waals surface area contributed by atoms with Crippen LogP contribution in [0.5, 0.6) is 5.75 Å². The molecule has 0 fully saturated rings. The second-order valence-corrected chi connectivity index (χ2v) is 4.91. The Balaban J connectivity index is 1.98. The summed E-state index contributed by atoms with van der Waals surface area (Å²) in [6, 6.07) is 14.6. The summed E-state index contributed by atoms with van der Waals surface area (Å²) in [4.78, 5) is 12.1. The lowest BCUT2D eigenvalue weighted by Gasteiger charge is -2.10. The molecule has 4 nitrogen and oxygen atoms in total. The highest BCUT2D eigenvalue weighted by Crippen LogP contribution is 2.12. The number of thiocarbonyl (C=S) groups is 1. The highest BCUT2D eigenvalue weighted by molar-refractivity contribution is 7.80. The Labute approximate surface area is 129 Å². The van der Waals surface area contributed by atoms with Crippen LogP contribution in [0.4, 0.5) is 5.69 Å². The maximum atomic E-state index is 12.1. The van der Waals surface area contributed by atoms with E-state index in [2.05, 4.69) is 10.6 Å². The number of hydrogen-bond donors (Lipinski definition) is 2. The van der Waals surface area contributed by atoms with Gasteiger partial charge in [-0.1, -0.05) is 23.8 Å². The van der Waals surface area contributed by atoms with E-state index in [-0.39, 0.29) is 11.0 Å². The largest absolute Gasteiger partial charge is 0.497 e. The number of anilines is 1. The van der Waals surface area contributed by atoms with E-state index in [4.69, 9.17) is 17.0 Å². The Kier molecular flexibility index (Phi) is 4.90. The van der Waals surface area contributed by atoms with Gasteiger partial charge in [-0.2, -0.15) is 0 Å². The molecule has 0 aliphatic rings. The maximum Gasteiger partial charge on any atom is 0.257 e. The average Bonchev–Trinajstić information content (AvgIpc) is 2.49. The number of hydrogen-bond acceptors (Lipinski definition) is 3. The summed E-state index contributed by atoms with van der Waals surface area (Å²) < 4.78 is 5.09. The first kappa shape index (κ1) is 15.0.